The van der Waals surface area contributed by atoms with Gasteiger partial charge in [-0.1, -0.05) is 0 Å². The average Bonchev–Trinajstić information content (AvgIpc) is 2.97. The molecule has 0 bridgehead atoms. The maximum atomic E-state index is 12.6. The molecule has 27 heavy (non-hydrogen) atoms. The van der Waals surface area contributed by atoms with Crippen LogP contribution in [0, 0.1) is 13.8 Å². The van der Waals surface area contributed by atoms with Crippen LogP contribution in [-0.2, 0) is 0 Å². The highest BCUT2D eigenvalue weighted by atomic mass is 35.5. The first-order valence-electron chi connectivity index (χ1n) is 9.15. The van der Waals surface area contributed by atoms with E-state index in [4.69, 9.17) is 4.74 Å². The Labute approximate surface area is 167 Å². The van der Waals surface area contributed by atoms with Crippen LogP contribution in [0.5, 0.6) is 5.75 Å². The highest BCUT2D eigenvalue weighted by Crippen LogP contribution is 2.22. The molecule has 1 saturated heterocycles. The molecule has 3 rings (SSSR count). The van der Waals surface area contributed by atoms with E-state index >= 15 is 0 Å². The SMILES string of the molecule is COc1ccc(-n2c(C)cc(C(=O)NCCN3CCNCC3)c2C)cc1.Cl. The number of piperazine rings is 1. The van der Waals surface area contributed by atoms with Crippen molar-refractivity contribution >= 4 is 18.3 Å². The number of carbonyl (C=O) groups is 1. The second kappa shape index (κ2) is 9.78. The topological polar surface area (TPSA) is 58.5 Å². The maximum absolute atomic E-state index is 12.6. The Morgan fingerprint density at radius 1 is 1.19 bits per heavy atom. The molecule has 0 unspecified atom stereocenters. The van der Waals surface area contributed by atoms with E-state index in [0.29, 0.717) is 6.54 Å². The third-order valence-electron chi connectivity index (χ3n) is 4.93. The van der Waals surface area contributed by atoms with Crippen LogP contribution in [0.2, 0.25) is 0 Å². The van der Waals surface area contributed by atoms with Crippen LogP contribution in [-0.4, -0.2) is 61.8 Å². The monoisotopic (exact) mass is 392 g/mol. The van der Waals surface area contributed by atoms with Crippen molar-refractivity contribution in [2.24, 2.45) is 0 Å². The summed E-state index contributed by atoms with van der Waals surface area (Å²) in [5.41, 5.74) is 3.76. The molecule has 2 heterocycles. The fourth-order valence-corrected chi connectivity index (χ4v) is 3.48. The van der Waals surface area contributed by atoms with Gasteiger partial charge in [-0.25, -0.2) is 0 Å². The predicted molar refractivity (Wildman–Crippen MR) is 111 cm³/mol. The van der Waals surface area contributed by atoms with Gasteiger partial charge >= 0.3 is 0 Å². The summed E-state index contributed by atoms with van der Waals surface area (Å²) in [7, 11) is 1.66. The Balaban J connectivity index is 0.00000261. The van der Waals surface area contributed by atoms with E-state index in [-0.39, 0.29) is 18.3 Å². The van der Waals surface area contributed by atoms with E-state index in [0.717, 1.165) is 61.1 Å². The zero-order valence-corrected chi connectivity index (χ0v) is 17.1. The fourth-order valence-electron chi connectivity index (χ4n) is 3.48. The van der Waals surface area contributed by atoms with Crippen LogP contribution in [0.25, 0.3) is 5.69 Å². The van der Waals surface area contributed by atoms with Crippen LogP contribution >= 0.6 is 12.4 Å². The first kappa shape index (κ1) is 21.3. The van der Waals surface area contributed by atoms with Gasteiger partial charge in [-0.15, -0.1) is 12.4 Å². The molecular weight excluding hydrogens is 364 g/mol. The van der Waals surface area contributed by atoms with E-state index in [1.165, 1.54) is 0 Å². The summed E-state index contributed by atoms with van der Waals surface area (Å²) in [4.78, 5) is 15.0. The van der Waals surface area contributed by atoms with Gasteiger partial charge in [0.25, 0.3) is 5.91 Å². The van der Waals surface area contributed by atoms with Crippen molar-refractivity contribution in [3.63, 3.8) is 0 Å². The number of ether oxygens (including phenoxy) is 1. The van der Waals surface area contributed by atoms with Gasteiger partial charge in [-0.2, -0.15) is 0 Å². The first-order valence-corrected chi connectivity index (χ1v) is 9.15. The molecule has 1 aromatic carbocycles. The lowest BCUT2D eigenvalue weighted by molar-refractivity contribution is 0.0946. The van der Waals surface area contributed by atoms with Gasteiger partial charge in [-0.3, -0.25) is 9.69 Å². The number of nitrogens with zero attached hydrogens (tertiary/aromatic N) is 2. The molecule has 1 amide bonds. The highest BCUT2D eigenvalue weighted by Gasteiger charge is 2.17. The fraction of sp³-hybridized carbons (Fsp3) is 0.450. The number of rotatable bonds is 6. The van der Waals surface area contributed by atoms with Crippen LogP contribution in [0.4, 0.5) is 0 Å². The van der Waals surface area contributed by atoms with Crippen molar-refractivity contribution in [1.82, 2.24) is 20.1 Å². The van der Waals surface area contributed by atoms with Gasteiger partial charge in [0.1, 0.15) is 5.75 Å². The normalized spacial score (nSPS) is 14.5. The molecule has 7 heteroatoms. The molecule has 1 aliphatic rings. The zero-order chi connectivity index (χ0) is 18.5. The number of hydrogen-bond acceptors (Lipinski definition) is 4. The van der Waals surface area contributed by atoms with Crippen molar-refractivity contribution in [2.75, 3.05) is 46.4 Å². The summed E-state index contributed by atoms with van der Waals surface area (Å²) >= 11 is 0. The van der Waals surface area contributed by atoms with Crippen molar-refractivity contribution < 1.29 is 9.53 Å². The molecule has 148 valence electrons. The van der Waals surface area contributed by atoms with E-state index in [1.54, 1.807) is 7.11 Å². The number of hydrogen-bond donors (Lipinski definition) is 2. The van der Waals surface area contributed by atoms with Crippen LogP contribution in [0.15, 0.2) is 30.3 Å². The summed E-state index contributed by atoms with van der Waals surface area (Å²) in [6.45, 7) is 9.71. The number of amides is 1. The molecule has 1 fully saturated rings. The Morgan fingerprint density at radius 3 is 2.48 bits per heavy atom. The standard InChI is InChI=1S/C20H28N4O2.ClH/c1-15-14-19(20(25)22-10-13-23-11-8-21-9-12-23)16(2)24(15)17-4-6-18(26-3)7-5-17;/h4-7,14,21H,8-13H2,1-3H3,(H,22,25);1H. The van der Waals surface area contributed by atoms with E-state index in [2.05, 4.69) is 20.1 Å². The Hall–Kier alpha value is -2.02. The molecule has 0 spiro atoms. The molecule has 1 aromatic heterocycles. The summed E-state index contributed by atoms with van der Waals surface area (Å²) in [6, 6.07) is 9.83. The molecule has 0 saturated carbocycles. The highest BCUT2D eigenvalue weighted by molar-refractivity contribution is 5.95. The largest absolute Gasteiger partial charge is 0.497 e. The smallest absolute Gasteiger partial charge is 0.253 e. The minimum absolute atomic E-state index is 0. The summed E-state index contributed by atoms with van der Waals surface area (Å²) in [6.07, 6.45) is 0. The maximum Gasteiger partial charge on any atom is 0.253 e. The number of aromatic nitrogens is 1. The quantitative estimate of drug-likeness (QED) is 0.791. The number of halogens is 1. The number of benzene rings is 1. The van der Waals surface area contributed by atoms with Crippen molar-refractivity contribution in [3.05, 3.63) is 47.3 Å². The minimum Gasteiger partial charge on any atom is -0.497 e. The van der Waals surface area contributed by atoms with Crippen molar-refractivity contribution in [3.8, 4) is 11.4 Å². The molecule has 0 radical (unpaired) electrons. The zero-order valence-electron chi connectivity index (χ0n) is 16.2. The first-order chi connectivity index (χ1) is 12.6. The van der Waals surface area contributed by atoms with Gasteiger partial charge in [0, 0.05) is 56.3 Å². The molecule has 6 nitrogen and oxygen atoms in total. The lowest BCUT2D eigenvalue weighted by atomic mass is 10.2. The van der Waals surface area contributed by atoms with E-state index in [1.807, 2.05) is 44.2 Å². The Kier molecular flexibility index (Phi) is 7.71. The molecular formula is C20H29ClN4O2. The second-order valence-corrected chi connectivity index (χ2v) is 6.67. The molecule has 2 N–H and O–H groups in total. The minimum atomic E-state index is -0.00649. The molecule has 0 atom stereocenters. The Morgan fingerprint density at radius 2 is 1.85 bits per heavy atom. The third kappa shape index (κ3) is 5.03. The lowest BCUT2D eigenvalue weighted by Crippen LogP contribution is -2.46. The predicted octanol–water partition coefficient (Wildman–Crippen LogP) is 2.16. The summed E-state index contributed by atoms with van der Waals surface area (Å²) in [5.74, 6) is 0.815. The molecule has 1 aliphatic heterocycles. The molecule has 2 aromatic rings. The van der Waals surface area contributed by atoms with Gasteiger partial charge in [0.15, 0.2) is 0 Å². The number of aryl methyl sites for hydroxylation is 1. The van der Waals surface area contributed by atoms with E-state index in [9.17, 15) is 4.79 Å². The van der Waals surface area contributed by atoms with Crippen molar-refractivity contribution in [1.29, 1.82) is 0 Å². The van der Waals surface area contributed by atoms with Crippen LogP contribution in [0.3, 0.4) is 0 Å². The second-order valence-electron chi connectivity index (χ2n) is 6.67. The third-order valence-corrected chi connectivity index (χ3v) is 4.93. The van der Waals surface area contributed by atoms with E-state index < -0.39 is 0 Å². The van der Waals surface area contributed by atoms with Crippen LogP contribution in [0.1, 0.15) is 21.7 Å². The van der Waals surface area contributed by atoms with Gasteiger partial charge in [0.2, 0.25) is 0 Å². The van der Waals surface area contributed by atoms with Gasteiger partial charge in [0.05, 0.1) is 12.7 Å². The molecule has 0 aliphatic carbocycles. The average molecular weight is 393 g/mol. The number of methoxy groups -OCH3 is 1. The van der Waals surface area contributed by atoms with Gasteiger partial charge < -0.3 is 19.9 Å². The van der Waals surface area contributed by atoms with Gasteiger partial charge in [-0.05, 0) is 44.2 Å². The lowest BCUT2D eigenvalue weighted by Gasteiger charge is -2.27. The number of carbonyl (C=O) groups excluding carboxylic acids is 1. The summed E-state index contributed by atoms with van der Waals surface area (Å²) < 4.78 is 7.32. The van der Waals surface area contributed by atoms with Crippen molar-refractivity contribution in [2.45, 2.75) is 13.8 Å². The number of nitrogens with one attached hydrogen (secondary N) is 2. The summed E-state index contributed by atoms with van der Waals surface area (Å²) in [5, 5.41) is 6.40. The van der Waals surface area contributed by atoms with Crippen LogP contribution < -0.4 is 15.4 Å². The Bertz CT molecular complexity index is 752.